The van der Waals surface area contributed by atoms with Gasteiger partial charge in [-0.2, -0.15) is 0 Å². The average molecular weight is 328 g/mol. The lowest BCUT2D eigenvalue weighted by Crippen LogP contribution is -2.08. The Morgan fingerprint density at radius 2 is 1.65 bits per heavy atom. The van der Waals surface area contributed by atoms with Crippen molar-refractivity contribution in [1.82, 2.24) is 0 Å². The van der Waals surface area contributed by atoms with E-state index in [4.69, 9.17) is 23.2 Å². The van der Waals surface area contributed by atoms with E-state index in [9.17, 15) is 8.42 Å². The topological polar surface area (TPSA) is 46.2 Å². The second-order valence-corrected chi connectivity index (χ2v) is 6.37. The van der Waals surface area contributed by atoms with Gasteiger partial charge in [0.1, 0.15) is 0 Å². The fourth-order valence-electron chi connectivity index (χ4n) is 1.49. The van der Waals surface area contributed by atoms with Crippen LogP contribution in [0.2, 0.25) is 10.0 Å². The van der Waals surface area contributed by atoms with Gasteiger partial charge in [-0.25, -0.2) is 8.42 Å². The van der Waals surface area contributed by atoms with E-state index < -0.39 is 10.0 Å². The molecule has 2 aromatic carbocycles. The maximum Gasteiger partial charge on any atom is 0.255 e. The molecule has 0 bridgehead atoms. The Balaban J connectivity index is 2.15. The van der Waals surface area contributed by atoms with Crippen LogP contribution in [-0.4, -0.2) is 8.42 Å². The summed E-state index contributed by atoms with van der Waals surface area (Å²) in [6.45, 7) is 0. The second-order valence-electron chi connectivity index (χ2n) is 3.99. The molecule has 0 aliphatic heterocycles. The molecule has 0 aromatic heterocycles. The number of nitrogens with one attached hydrogen (secondary N) is 1. The normalized spacial score (nSPS) is 11.7. The number of halogens is 2. The first-order valence-corrected chi connectivity index (χ1v) is 7.97. The fraction of sp³-hybridized carbons (Fsp3) is 0. The molecule has 0 aliphatic rings. The van der Waals surface area contributed by atoms with Gasteiger partial charge in [-0.1, -0.05) is 53.5 Å². The van der Waals surface area contributed by atoms with Crippen molar-refractivity contribution in [2.24, 2.45) is 0 Å². The van der Waals surface area contributed by atoms with Crippen molar-refractivity contribution in [3.63, 3.8) is 0 Å². The summed E-state index contributed by atoms with van der Waals surface area (Å²) >= 11 is 11.6. The number of sulfonamides is 1. The van der Waals surface area contributed by atoms with E-state index in [2.05, 4.69) is 4.72 Å². The van der Waals surface area contributed by atoms with Crippen molar-refractivity contribution in [3.8, 4) is 0 Å². The molecule has 6 heteroatoms. The summed E-state index contributed by atoms with van der Waals surface area (Å²) < 4.78 is 26.2. The zero-order valence-corrected chi connectivity index (χ0v) is 12.6. The van der Waals surface area contributed by atoms with Crippen molar-refractivity contribution < 1.29 is 8.42 Å². The third-order valence-electron chi connectivity index (χ3n) is 2.42. The molecule has 0 aliphatic carbocycles. The van der Waals surface area contributed by atoms with Crippen molar-refractivity contribution >= 4 is 45.0 Å². The smallest absolute Gasteiger partial charge is 0.255 e. The van der Waals surface area contributed by atoms with Crippen molar-refractivity contribution in [2.75, 3.05) is 4.72 Å². The maximum absolute atomic E-state index is 11.9. The molecule has 0 amide bonds. The van der Waals surface area contributed by atoms with Crippen LogP contribution in [0.15, 0.2) is 53.9 Å². The van der Waals surface area contributed by atoms with E-state index in [1.165, 1.54) is 18.2 Å². The van der Waals surface area contributed by atoms with Gasteiger partial charge in [0.25, 0.3) is 10.0 Å². The number of hydrogen-bond acceptors (Lipinski definition) is 2. The van der Waals surface area contributed by atoms with Crippen molar-refractivity contribution in [3.05, 3.63) is 69.5 Å². The van der Waals surface area contributed by atoms with E-state index in [1.54, 1.807) is 6.07 Å². The minimum Gasteiger partial charge on any atom is -0.280 e. The Morgan fingerprint density at radius 1 is 0.950 bits per heavy atom. The highest BCUT2D eigenvalue weighted by Gasteiger charge is 2.07. The lowest BCUT2D eigenvalue weighted by Gasteiger charge is -2.05. The van der Waals surface area contributed by atoms with Crippen LogP contribution < -0.4 is 4.72 Å². The van der Waals surface area contributed by atoms with Gasteiger partial charge in [-0.05, 0) is 29.8 Å². The molecule has 3 nitrogen and oxygen atoms in total. The van der Waals surface area contributed by atoms with Gasteiger partial charge >= 0.3 is 0 Å². The summed E-state index contributed by atoms with van der Waals surface area (Å²) in [6, 6.07) is 13.7. The molecule has 0 saturated carbocycles. The Labute approximate surface area is 127 Å². The number of rotatable bonds is 4. The molecule has 0 fully saturated rings. The molecule has 0 saturated heterocycles. The van der Waals surface area contributed by atoms with Gasteiger partial charge in [-0.15, -0.1) is 0 Å². The Bertz CT molecular complexity index is 728. The summed E-state index contributed by atoms with van der Waals surface area (Å²) in [7, 11) is -3.59. The third-order valence-corrected chi connectivity index (χ3v) is 4.17. The predicted octanol–water partition coefficient (Wildman–Crippen LogP) is 4.41. The molecule has 0 heterocycles. The summed E-state index contributed by atoms with van der Waals surface area (Å²) in [5.74, 6) is 0. The molecule has 0 radical (unpaired) electrons. The van der Waals surface area contributed by atoms with E-state index in [1.807, 2.05) is 30.3 Å². The van der Waals surface area contributed by atoms with Crippen LogP contribution in [0.1, 0.15) is 5.56 Å². The predicted molar refractivity (Wildman–Crippen MR) is 84.5 cm³/mol. The second kappa shape index (κ2) is 6.31. The first kappa shape index (κ1) is 14.9. The largest absolute Gasteiger partial charge is 0.280 e. The highest BCUT2D eigenvalue weighted by molar-refractivity contribution is 7.95. The molecule has 20 heavy (non-hydrogen) atoms. The standard InChI is InChI=1S/C14H11Cl2NO2S/c15-13-7-6-12(10-14(13)16)17-20(18,19)9-8-11-4-2-1-3-5-11/h1-10,17H/b9-8+. The Morgan fingerprint density at radius 3 is 2.30 bits per heavy atom. The molecule has 0 atom stereocenters. The highest BCUT2D eigenvalue weighted by atomic mass is 35.5. The Kier molecular flexibility index (Phi) is 4.70. The zero-order valence-electron chi connectivity index (χ0n) is 10.3. The highest BCUT2D eigenvalue weighted by Crippen LogP contribution is 2.25. The van der Waals surface area contributed by atoms with Gasteiger partial charge in [-0.3, -0.25) is 4.72 Å². The van der Waals surface area contributed by atoms with E-state index >= 15 is 0 Å². The zero-order chi connectivity index (χ0) is 14.6. The van der Waals surface area contributed by atoms with Crippen LogP contribution in [0.3, 0.4) is 0 Å². The van der Waals surface area contributed by atoms with Crippen molar-refractivity contribution in [1.29, 1.82) is 0 Å². The van der Waals surface area contributed by atoms with Crippen molar-refractivity contribution in [2.45, 2.75) is 0 Å². The summed E-state index contributed by atoms with van der Waals surface area (Å²) in [5, 5.41) is 1.76. The fourth-order valence-corrected chi connectivity index (χ4v) is 2.65. The lowest BCUT2D eigenvalue weighted by atomic mass is 10.2. The minimum atomic E-state index is -3.59. The van der Waals surface area contributed by atoms with Crippen LogP contribution in [0.5, 0.6) is 0 Å². The van der Waals surface area contributed by atoms with Gasteiger partial charge < -0.3 is 0 Å². The molecule has 2 aromatic rings. The molecule has 1 N–H and O–H groups in total. The first-order valence-electron chi connectivity index (χ1n) is 5.67. The van der Waals surface area contributed by atoms with E-state index in [0.29, 0.717) is 15.7 Å². The maximum atomic E-state index is 11.9. The van der Waals surface area contributed by atoms with Gasteiger partial charge in [0, 0.05) is 0 Å². The quantitative estimate of drug-likeness (QED) is 0.904. The SMILES string of the molecule is O=S(=O)(/C=C/c1ccccc1)Nc1ccc(Cl)c(Cl)c1. The first-order chi connectivity index (χ1) is 9.46. The minimum absolute atomic E-state index is 0.291. The molecular formula is C14H11Cl2NO2S. The Hall–Kier alpha value is -1.49. The van der Waals surface area contributed by atoms with E-state index in [0.717, 1.165) is 11.0 Å². The third kappa shape index (κ3) is 4.27. The van der Waals surface area contributed by atoms with Gasteiger partial charge in [0.05, 0.1) is 21.1 Å². The molecule has 0 spiro atoms. The molecule has 104 valence electrons. The number of benzene rings is 2. The summed E-state index contributed by atoms with van der Waals surface area (Å²) in [6.07, 6.45) is 1.51. The lowest BCUT2D eigenvalue weighted by molar-refractivity contribution is 0.609. The number of anilines is 1. The summed E-state index contributed by atoms with van der Waals surface area (Å²) in [5.41, 5.74) is 1.16. The van der Waals surface area contributed by atoms with Gasteiger partial charge in [0.2, 0.25) is 0 Å². The number of hydrogen-bond donors (Lipinski definition) is 1. The van der Waals surface area contributed by atoms with Crippen LogP contribution in [0, 0.1) is 0 Å². The van der Waals surface area contributed by atoms with E-state index in [-0.39, 0.29) is 0 Å². The van der Waals surface area contributed by atoms with Crippen LogP contribution >= 0.6 is 23.2 Å². The average Bonchev–Trinajstić information content (AvgIpc) is 2.42. The molecular weight excluding hydrogens is 317 g/mol. The van der Waals surface area contributed by atoms with Crippen LogP contribution in [0.25, 0.3) is 6.08 Å². The van der Waals surface area contributed by atoms with Crippen LogP contribution in [0.4, 0.5) is 5.69 Å². The summed E-state index contributed by atoms with van der Waals surface area (Å²) in [4.78, 5) is 0. The monoisotopic (exact) mass is 327 g/mol. The van der Waals surface area contributed by atoms with Crippen LogP contribution in [-0.2, 0) is 10.0 Å². The molecule has 2 rings (SSSR count). The molecule has 0 unspecified atom stereocenters. The van der Waals surface area contributed by atoms with Gasteiger partial charge in [0.15, 0.2) is 0 Å².